The van der Waals surface area contributed by atoms with E-state index in [1.54, 1.807) is 30.6 Å². The maximum atomic E-state index is 12.1. The molecule has 0 atom stereocenters. The number of carbonyl (C=O) groups excluding carboxylic acids is 1. The van der Waals surface area contributed by atoms with Crippen molar-refractivity contribution in [3.63, 3.8) is 0 Å². The highest BCUT2D eigenvalue weighted by Crippen LogP contribution is 2.34. The van der Waals surface area contributed by atoms with Gasteiger partial charge in [0.25, 0.3) is 0 Å². The number of ether oxygens (including phenoxy) is 2. The van der Waals surface area contributed by atoms with Crippen molar-refractivity contribution in [3.05, 3.63) is 36.7 Å². The Bertz CT molecular complexity index is 763. The number of hydrogen-bond acceptors (Lipinski definition) is 6. The fraction of sp³-hybridized carbons (Fsp3) is 0.389. The van der Waals surface area contributed by atoms with Gasteiger partial charge in [0.05, 0.1) is 0 Å². The molecular weight excluding hydrogens is 334 g/mol. The molecule has 3 heterocycles. The first-order valence-electron chi connectivity index (χ1n) is 8.74. The van der Waals surface area contributed by atoms with Crippen molar-refractivity contribution in [2.24, 2.45) is 5.92 Å². The molecule has 1 aromatic carbocycles. The Morgan fingerprint density at radius 3 is 2.73 bits per heavy atom. The molecule has 136 valence electrons. The number of nitrogens with zero attached hydrogens (tertiary/aromatic N) is 3. The van der Waals surface area contributed by atoms with Crippen LogP contribution in [0.4, 0.5) is 16.4 Å². The summed E-state index contributed by atoms with van der Waals surface area (Å²) < 4.78 is 10.6. The highest BCUT2D eigenvalue weighted by Gasteiger charge is 2.21. The molecule has 4 rings (SSSR count). The van der Waals surface area contributed by atoms with Crippen LogP contribution >= 0.6 is 0 Å². The fourth-order valence-electron chi connectivity index (χ4n) is 3.18. The average Bonchev–Trinajstić information content (AvgIpc) is 3.15. The zero-order chi connectivity index (χ0) is 17.8. The van der Waals surface area contributed by atoms with Crippen LogP contribution in [0.1, 0.15) is 12.8 Å². The maximum Gasteiger partial charge on any atom is 0.319 e. The molecule has 1 fully saturated rings. The lowest BCUT2D eigenvalue weighted by atomic mass is 9.97. The number of urea groups is 1. The molecule has 2 aliphatic rings. The molecule has 2 aliphatic heterocycles. The number of benzene rings is 1. The first-order valence-corrected chi connectivity index (χ1v) is 8.74. The van der Waals surface area contributed by atoms with Crippen molar-refractivity contribution >= 4 is 17.7 Å². The summed E-state index contributed by atoms with van der Waals surface area (Å²) in [4.78, 5) is 22.9. The monoisotopic (exact) mass is 355 g/mol. The molecule has 8 heteroatoms. The zero-order valence-corrected chi connectivity index (χ0v) is 14.4. The van der Waals surface area contributed by atoms with Crippen molar-refractivity contribution in [3.8, 4) is 11.5 Å². The highest BCUT2D eigenvalue weighted by atomic mass is 16.7. The summed E-state index contributed by atoms with van der Waals surface area (Å²) in [6, 6.07) is 6.96. The van der Waals surface area contributed by atoms with Crippen LogP contribution in [0.15, 0.2) is 36.7 Å². The molecule has 0 radical (unpaired) electrons. The van der Waals surface area contributed by atoms with Crippen LogP contribution in [-0.2, 0) is 0 Å². The largest absolute Gasteiger partial charge is 0.454 e. The number of hydrogen-bond donors (Lipinski definition) is 2. The molecule has 2 amide bonds. The van der Waals surface area contributed by atoms with E-state index in [4.69, 9.17) is 9.47 Å². The predicted molar refractivity (Wildman–Crippen MR) is 96.6 cm³/mol. The Morgan fingerprint density at radius 2 is 1.92 bits per heavy atom. The van der Waals surface area contributed by atoms with Crippen molar-refractivity contribution in [1.29, 1.82) is 0 Å². The van der Waals surface area contributed by atoms with Crippen LogP contribution in [0.3, 0.4) is 0 Å². The van der Waals surface area contributed by atoms with Gasteiger partial charge in [-0.2, -0.15) is 0 Å². The van der Waals surface area contributed by atoms with E-state index in [0.29, 0.717) is 29.6 Å². The van der Waals surface area contributed by atoms with Gasteiger partial charge in [-0.3, -0.25) is 0 Å². The Kier molecular flexibility index (Phi) is 4.72. The van der Waals surface area contributed by atoms with Gasteiger partial charge in [0, 0.05) is 43.8 Å². The normalized spacial score (nSPS) is 16.4. The minimum Gasteiger partial charge on any atom is -0.454 e. The van der Waals surface area contributed by atoms with Crippen molar-refractivity contribution < 1.29 is 14.3 Å². The number of aromatic nitrogens is 2. The standard InChI is InChI=1S/C18H21N5O3/c24-18(22-14-2-3-15-16(10-14)26-12-25-15)21-11-13-4-8-23(9-5-13)17-19-6-1-7-20-17/h1-3,6-7,10,13H,4-5,8-9,11-12H2,(H2,21,22,24). The van der Waals surface area contributed by atoms with Gasteiger partial charge in [0.15, 0.2) is 11.5 Å². The zero-order valence-electron chi connectivity index (χ0n) is 14.4. The third-order valence-corrected chi connectivity index (χ3v) is 4.63. The van der Waals surface area contributed by atoms with Crippen molar-refractivity contribution in [1.82, 2.24) is 15.3 Å². The Hall–Kier alpha value is -3.03. The van der Waals surface area contributed by atoms with Crippen LogP contribution in [0.2, 0.25) is 0 Å². The smallest absolute Gasteiger partial charge is 0.319 e. The van der Waals surface area contributed by atoms with E-state index in [-0.39, 0.29) is 12.8 Å². The van der Waals surface area contributed by atoms with Gasteiger partial charge in [-0.15, -0.1) is 0 Å². The third-order valence-electron chi connectivity index (χ3n) is 4.63. The number of piperidine rings is 1. The van der Waals surface area contributed by atoms with Crippen LogP contribution in [0.5, 0.6) is 11.5 Å². The van der Waals surface area contributed by atoms with E-state index in [2.05, 4.69) is 25.5 Å². The lowest BCUT2D eigenvalue weighted by Crippen LogP contribution is -2.40. The number of nitrogens with one attached hydrogen (secondary N) is 2. The SMILES string of the molecule is O=C(NCC1CCN(c2ncccn2)CC1)Nc1ccc2c(c1)OCO2. The van der Waals surface area contributed by atoms with E-state index < -0.39 is 0 Å². The summed E-state index contributed by atoms with van der Waals surface area (Å²) in [6.07, 6.45) is 5.53. The van der Waals surface area contributed by atoms with E-state index in [1.165, 1.54) is 0 Å². The maximum absolute atomic E-state index is 12.1. The van der Waals surface area contributed by atoms with E-state index in [0.717, 1.165) is 31.9 Å². The number of rotatable bonds is 4. The molecule has 2 aromatic rings. The summed E-state index contributed by atoms with van der Waals surface area (Å²) in [7, 11) is 0. The Morgan fingerprint density at radius 1 is 1.15 bits per heavy atom. The number of fused-ring (bicyclic) bond motifs is 1. The summed E-state index contributed by atoms with van der Waals surface area (Å²) in [5.74, 6) is 2.58. The molecule has 2 N–H and O–H groups in total. The second-order valence-electron chi connectivity index (χ2n) is 6.38. The summed E-state index contributed by atoms with van der Waals surface area (Å²) >= 11 is 0. The lowest BCUT2D eigenvalue weighted by molar-refractivity contribution is 0.174. The lowest BCUT2D eigenvalue weighted by Gasteiger charge is -2.31. The van der Waals surface area contributed by atoms with Gasteiger partial charge in [-0.25, -0.2) is 14.8 Å². The number of amides is 2. The van der Waals surface area contributed by atoms with Crippen molar-refractivity contribution in [2.45, 2.75) is 12.8 Å². The first kappa shape index (κ1) is 16.4. The fourth-order valence-corrected chi connectivity index (χ4v) is 3.18. The predicted octanol–water partition coefficient (Wildman–Crippen LogP) is 2.24. The van der Waals surface area contributed by atoms with Crippen LogP contribution < -0.4 is 25.0 Å². The molecule has 0 aliphatic carbocycles. The second kappa shape index (κ2) is 7.47. The summed E-state index contributed by atoms with van der Waals surface area (Å²) in [6.45, 7) is 2.68. The Labute approximate surface area is 151 Å². The highest BCUT2D eigenvalue weighted by molar-refractivity contribution is 5.89. The van der Waals surface area contributed by atoms with Gasteiger partial charge in [0.1, 0.15) is 0 Å². The Balaban J connectivity index is 1.22. The number of carbonyl (C=O) groups is 1. The molecule has 0 bridgehead atoms. The van der Waals surface area contributed by atoms with Crippen LogP contribution in [0.25, 0.3) is 0 Å². The van der Waals surface area contributed by atoms with Gasteiger partial charge >= 0.3 is 6.03 Å². The summed E-state index contributed by atoms with van der Waals surface area (Å²) in [5.41, 5.74) is 0.683. The quantitative estimate of drug-likeness (QED) is 0.874. The number of anilines is 2. The van der Waals surface area contributed by atoms with E-state index in [9.17, 15) is 4.79 Å². The second-order valence-corrected chi connectivity index (χ2v) is 6.38. The summed E-state index contributed by atoms with van der Waals surface area (Å²) in [5, 5.41) is 5.78. The third kappa shape index (κ3) is 3.79. The molecule has 1 aromatic heterocycles. The topological polar surface area (TPSA) is 88.6 Å². The van der Waals surface area contributed by atoms with E-state index in [1.807, 2.05) is 6.07 Å². The van der Waals surface area contributed by atoms with Gasteiger partial charge in [-0.05, 0) is 37.0 Å². The average molecular weight is 355 g/mol. The minimum absolute atomic E-state index is 0.210. The van der Waals surface area contributed by atoms with Crippen LogP contribution in [-0.4, -0.2) is 42.4 Å². The molecular formula is C18H21N5O3. The molecule has 8 nitrogen and oxygen atoms in total. The molecule has 0 spiro atoms. The molecule has 26 heavy (non-hydrogen) atoms. The molecule has 1 saturated heterocycles. The molecule has 0 saturated carbocycles. The van der Waals surface area contributed by atoms with Gasteiger partial charge in [-0.1, -0.05) is 0 Å². The minimum atomic E-state index is -0.210. The van der Waals surface area contributed by atoms with E-state index >= 15 is 0 Å². The molecule has 0 unspecified atom stereocenters. The van der Waals surface area contributed by atoms with Crippen LogP contribution in [0, 0.1) is 5.92 Å². The van der Waals surface area contributed by atoms with Gasteiger partial charge < -0.3 is 25.0 Å². The van der Waals surface area contributed by atoms with Crippen molar-refractivity contribution in [2.75, 3.05) is 36.6 Å². The van der Waals surface area contributed by atoms with Gasteiger partial charge in [0.2, 0.25) is 12.7 Å². The first-order chi connectivity index (χ1) is 12.8.